The summed E-state index contributed by atoms with van der Waals surface area (Å²) < 4.78 is 11.4. The Morgan fingerprint density at radius 3 is 1.86 bits per heavy atom. The molecule has 0 bridgehead atoms. The molecule has 4 aromatic heterocycles. The molecule has 0 aliphatic rings. The molecule has 0 saturated carbocycles. The molecule has 11 aromatic rings. The van der Waals surface area contributed by atoms with E-state index in [9.17, 15) is 0 Å². The van der Waals surface area contributed by atoms with Crippen molar-refractivity contribution < 1.29 is 4.42 Å². The van der Waals surface area contributed by atoms with Crippen LogP contribution in [0.4, 0.5) is 0 Å². The third-order valence-electron chi connectivity index (χ3n) is 10.4. The molecule has 0 aliphatic heterocycles. The summed E-state index contributed by atoms with van der Waals surface area (Å²) in [4.78, 5) is 5.07. The SMILES string of the molecule is c1ccc(-c2ccc3c(c2)oc2c(-c4cc5c(cn4)c4ccccc4n5-c4ccc5c(c4)c4ccccc4n5-c4ccccc4)cccc23)cc1. The van der Waals surface area contributed by atoms with Crippen molar-refractivity contribution >= 4 is 65.6 Å². The molecule has 0 aliphatic carbocycles. The minimum atomic E-state index is 0.849. The van der Waals surface area contributed by atoms with Gasteiger partial charge in [-0.15, -0.1) is 0 Å². The normalized spacial score (nSPS) is 11.9. The van der Waals surface area contributed by atoms with E-state index in [1.165, 1.54) is 32.8 Å². The Morgan fingerprint density at radius 1 is 0.392 bits per heavy atom. The summed E-state index contributed by atoms with van der Waals surface area (Å²) in [5, 5.41) is 6.93. The van der Waals surface area contributed by atoms with Gasteiger partial charge in [0.05, 0.1) is 27.8 Å². The first kappa shape index (κ1) is 28.0. The van der Waals surface area contributed by atoms with E-state index < -0.39 is 0 Å². The lowest BCUT2D eigenvalue weighted by molar-refractivity contribution is 0.670. The summed E-state index contributed by atoms with van der Waals surface area (Å²) in [5.74, 6) is 0. The number of fused-ring (bicyclic) bond motifs is 9. The second-order valence-electron chi connectivity index (χ2n) is 13.2. The fourth-order valence-electron chi connectivity index (χ4n) is 8.05. The Morgan fingerprint density at radius 2 is 1.06 bits per heavy atom. The average molecular weight is 652 g/mol. The number of rotatable bonds is 4. The molecule has 7 aromatic carbocycles. The van der Waals surface area contributed by atoms with Crippen LogP contribution < -0.4 is 0 Å². The minimum Gasteiger partial charge on any atom is -0.455 e. The maximum Gasteiger partial charge on any atom is 0.144 e. The first-order valence-corrected chi connectivity index (χ1v) is 17.3. The maximum absolute atomic E-state index is 6.66. The van der Waals surface area contributed by atoms with Crippen LogP contribution in [0.3, 0.4) is 0 Å². The molecule has 4 nitrogen and oxygen atoms in total. The van der Waals surface area contributed by atoms with Gasteiger partial charge in [-0.2, -0.15) is 0 Å². The summed E-state index contributed by atoms with van der Waals surface area (Å²) in [6.07, 6.45) is 2.03. The maximum atomic E-state index is 6.66. The highest BCUT2D eigenvalue weighted by Gasteiger charge is 2.19. The number of hydrogen-bond donors (Lipinski definition) is 0. The van der Waals surface area contributed by atoms with E-state index in [0.29, 0.717) is 0 Å². The third kappa shape index (κ3) is 4.17. The Labute approximate surface area is 293 Å². The Balaban J connectivity index is 1.13. The highest BCUT2D eigenvalue weighted by molar-refractivity contribution is 6.14. The second kappa shape index (κ2) is 10.8. The lowest BCUT2D eigenvalue weighted by atomic mass is 10.0. The highest BCUT2D eigenvalue weighted by atomic mass is 16.3. The Bertz CT molecular complexity index is 3130. The summed E-state index contributed by atoms with van der Waals surface area (Å²) >= 11 is 0. The lowest BCUT2D eigenvalue weighted by Gasteiger charge is -2.11. The van der Waals surface area contributed by atoms with Gasteiger partial charge in [-0.25, -0.2) is 0 Å². The Kier molecular flexibility index (Phi) is 5.92. The number of aromatic nitrogens is 3. The molecule has 0 saturated heterocycles. The number of pyridine rings is 1. The van der Waals surface area contributed by atoms with Crippen LogP contribution in [0.2, 0.25) is 0 Å². The van der Waals surface area contributed by atoms with Crippen molar-refractivity contribution in [1.82, 2.24) is 14.1 Å². The van der Waals surface area contributed by atoms with Crippen LogP contribution in [0.5, 0.6) is 0 Å². The summed E-state index contributed by atoms with van der Waals surface area (Å²) in [5.41, 5.74) is 12.8. The number of nitrogens with zero attached hydrogens (tertiary/aromatic N) is 3. The molecule has 4 heterocycles. The number of para-hydroxylation sites is 4. The first-order valence-electron chi connectivity index (χ1n) is 17.3. The smallest absolute Gasteiger partial charge is 0.144 e. The van der Waals surface area contributed by atoms with E-state index in [-0.39, 0.29) is 0 Å². The van der Waals surface area contributed by atoms with Gasteiger partial charge in [-0.05, 0) is 77.9 Å². The van der Waals surface area contributed by atoms with Crippen molar-refractivity contribution in [3.63, 3.8) is 0 Å². The van der Waals surface area contributed by atoms with Crippen molar-refractivity contribution in [3.8, 4) is 33.8 Å². The van der Waals surface area contributed by atoms with Crippen molar-refractivity contribution in [1.29, 1.82) is 0 Å². The van der Waals surface area contributed by atoms with E-state index in [0.717, 1.165) is 66.6 Å². The first-order chi connectivity index (χ1) is 25.3. The molecule has 0 fully saturated rings. The van der Waals surface area contributed by atoms with Gasteiger partial charge in [0, 0.05) is 55.5 Å². The fourth-order valence-corrected chi connectivity index (χ4v) is 8.05. The highest BCUT2D eigenvalue weighted by Crippen LogP contribution is 2.40. The van der Waals surface area contributed by atoms with Crippen molar-refractivity contribution in [3.05, 3.63) is 176 Å². The molecule has 0 amide bonds. The predicted molar refractivity (Wildman–Crippen MR) is 211 cm³/mol. The van der Waals surface area contributed by atoms with Crippen LogP contribution >= 0.6 is 0 Å². The van der Waals surface area contributed by atoms with Crippen LogP contribution in [-0.4, -0.2) is 14.1 Å². The predicted octanol–water partition coefficient (Wildman–Crippen LogP) is 12.5. The second-order valence-corrected chi connectivity index (χ2v) is 13.2. The number of hydrogen-bond acceptors (Lipinski definition) is 2. The van der Waals surface area contributed by atoms with Gasteiger partial charge >= 0.3 is 0 Å². The van der Waals surface area contributed by atoms with Crippen LogP contribution in [0.15, 0.2) is 180 Å². The van der Waals surface area contributed by atoms with Crippen LogP contribution in [0.1, 0.15) is 0 Å². The zero-order valence-corrected chi connectivity index (χ0v) is 27.5. The molecule has 0 unspecified atom stereocenters. The molecule has 51 heavy (non-hydrogen) atoms. The molecule has 238 valence electrons. The zero-order valence-electron chi connectivity index (χ0n) is 27.5. The summed E-state index contributed by atoms with van der Waals surface area (Å²) in [6.45, 7) is 0. The zero-order chi connectivity index (χ0) is 33.5. The van der Waals surface area contributed by atoms with E-state index in [1.54, 1.807) is 0 Å². The summed E-state index contributed by atoms with van der Waals surface area (Å²) in [7, 11) is 0. The fraction of sp³-hybridized carbons (Fsp3) is 0. The lowest BCUT2D eigenvalue weighted by Crippen LogP contribution is -1.96. The van der Waals surface area contributed by atoms with Gasteiger partial charge in [-0.1, -0.05) is 103 Å². The van der Waals surface area contributed by atoms with E-state index in [4.69, 9.17) is 9.40 Å². The largest absolute Gasteiger partial charge is 0.455 e. The van der Waals surface area contributed by atoms with E-state index in [1.807, 2.05) is 12.3 Å². The van der Waals surface area contributed by atoms with Gasteiger partial charge in [0.2, 0.25) is 0 Å². The monoisotopic (exact) mass is 651 g/mol. The molecule has 0 atom stereocenters. The molecule has 0 spiro atoms. The van der Waals surface area contributed by atoms with E-state index in [2.05, 4.69) is 173 Å². The standard InChI is InChI=1S/C47H29N3O/c1-3-12-30(13-4-1)31-22-24-36-37-18-11-19-38(47(37)51-46(36)26-31)41-28-45-40(29-48-41)35-17-8-10-21-43(35)50(45)33-23-25-44-39(27-33)34-16-7-9-20-42(34)49(44)32-14-5-2-6-15-32/h1-29H. The number of benzene rings is 7. The van der Waals surface area contributed by atoms with Gasteiger partial charge in [0.25, 0.3) is 0 Å². The van der Waals surface area contributed by atoms with Crippen LogP contribution in [0, 0.1) is 0 Å². The van der Waals surface area contributed by atoms with Gasteiger partial charge in [0.1, 0.15) is 11.2 Å². The molecule has 4 heteroatoms. The topological polar surface area (TPSA) is 35.9 Å². The van der Waals surface area contributed by atoms with Crippen LogP contribution in [-0.2, 0) is 0 Å². The molecule has 0 radical (unpaired) electrons. The third-order valence-corrected chi connectivity index (χ3v) is 10.4. The van der Waals surface area contributed by atoms with Gasteiger partial charge < -0.3 is 13.6 Å². The minimum absolute atomic E-state index is 0.849. The van der Waals surface area contributed by atoms with Gasteiger partial charge in [0.15, 0.2) is 0 Å². The van der Waals surface area contributed by atoms with Gasteiger partial charge in [-0.3, -0.25) is 4.98 Å². The number of furan rings is 1. The summed E-state index contributed by atoms with van der Waals surface area (Å²) in [6, 6.07) is 60.3. The quantitative estimate of drug-likeness (QED) is 0.190. The Hall–Kier alpha value is -6.91. The van der Waals surface area contributed by atoms with Crippen molar-refractivity contribution in [2.24, 2.45) is 0 Å². The van der Waals surface area contributed by atoms with Crippen molar-refractivity contribution in [2.75, 3.05) is 0 Å². The van der Waals surface area contributed by atoms with E-state index >= 15 is 0 Å². The molecule has 11 rings (SSSR count). The molecular formula is C47H29N3O. The van der Waals surface area contributed by atoms with Crippen molar-refractivity contribution in [2.45, 2.75) is 0 Å². The average Bonchev–Trinajstić information content (AvgIpc) is 3.85. The van der Waals surface area contributed by atoms with Crippen LogP contribution in [0.25, 0.3) is 99.3 Å². The molecular weight excluding hydrogens is 623 g/mol. The molecule has 0 N–H and O–H groups in total.